The van der Waals surface area contributed by atoms with Crippen LogP contribution in [0, 0.1) is 5.82 Å². The van der Waals surface area contributed by atoms with Crippen molar-refractivity contribution < 1.29 is 9.13 Å². The van der Waals surface area contributed by atoms with Crippen molar-refractivity contribution >= 4 is 11.4 Å². The molecule has 1 aromatic carbocycles. The number of nitrogen functional groups attached to an aromatic ring is 1. The molecule has 0 aliphatic heterocycles. The molecule has 0 radical (unpaired) electrons. The van der Waals surface area contributed by atoms with Crippen LogP contribution in [0.4, 0.5) is 15.8 Å². The molecule has 84 valence electrons. The van der Waals surface area contributed by atoms with Gasteiger partial charge in [0.1, 0.15) is 0 Å². The maximum absolute atomic E-state index is 13.4. The second kappa shape index (κ2) is 4.87. The molecule has 0 saturated carbocycles. The van der Waals surface area contributed by atoms with E-state index < -0.39 is 5.82 Å². The number of nitrogens with two attached hydrogens (primary N) is 1. The fraction of sp³-hybridized carbons (Fsp3) is 0.455. The van der Waals surface area contributed by atoms with Crippen LogP contribution < -0.4 is 15.8 Å². The van der Waals surface area contributed by atoms with E-state index in [1.165, 1.54) is 6.07 Å². The summed E-state index contributed by atoms with van der Waals surface area (Å²) >= 11 is 0. The summed E-state index contributed by atoms with van der Waals surface area (Å²) in [7, 11) is 0. The normalized spacial score (nSPS) is 10.5. The average molecular weight is 212 g/mol. The molecule has 4 heteroatoms. The van der Waals surface area contributed by atoms with Crippen LogP contribution in [0.15, 0.2) is 12.1 Å². The molecule has 0 spiro atoms. The van der Waals surface area contributed by atoms with E-state index in [1.54, 1.807) is 6.07 Å². The van der Waals surface area contributed by atoms with E-state index in [1.807, 2.05) is 20.8 Å². The monoisotopic (exact) mass is 212 g/mol. The average Bonchev–Trinajstić information content (AvgIpc) is 2.12. The van der Waals surface area contributed by atoms with Crippen LogP contribution in [-0.2, 0) is 0 Å². The van der Waals surface area contributed by atoms with E-state index >= 15 is 0 Å². The Morgan fingerprint density at radius 2 is 2.13 bits per heavy atom. The third-order valence-corrected chi connectivity index (χ3v) is 1.83. The van der Waals surface area contributed by atoms with Gasteiger partial charge in [0.05, 0.1) is 17.5 Å². The highest BCUT2D eigenvalue weighted by Crippen LogP contribution is 2.28. The van der Waals surface area contributed by atoms with E-state index in [0.717, 1.165) is 6.54 Å². The zero-order valence-electron chi connectivity index (χ0n) is 9.30. The first-order valence-electron chi connectivity index (χ1n) is 5.04. The SMILES string of the molecule is CCNc1cc(OC(C)C)c(F)cc1N. The molecule has 1 rings (SSSR count). The molecule has 3 nitrogen and oxygen atoms in total. The van der Waals surface area contributed by atoms with Gasteiger partial charge in [-0.25, -0.2) is 4.39 Å². The van der Waals surface area contributed by atoms with Gasteiger partial charge < -0.3 is 15.8 Å². The van der Waals surface area contributed by atoms with Gasteiger partial charge in [-0.05, 0) is 20.8 Å². The van der Waals surface area contributed by atoms with Crippen LogP contribution in [0.25, 0.3) is 0 Å². The maximum Gasteiger partial charge on any atom is 0.167 e. The van der Waals surface area contributed by atoms with Crippen LogP contribution in [-0.4, -0.2) is 12.6 Å². The lowest BCUT2D eigenvalue weighted by Crippen LogP contribution is -2.09. The van der Waals surface area contributed by atoms with Gasteiger partial charge in [-0.2, -0.15) is 0 Å². The lowest BCUT2D eigenvalue weighted by molar-refractivity contribution is 0.231. The number of halogens is 1. The third kappa shape index (κ3) is 3.01. The van der Waals surface area contributed by atoms with Gasteiger partial charge in [-0.1, -0.05) is 0 Å². The molecule has 0 heterocycles. The molecule has 0 aliphatic rings. The minimum Gasteiger partial charge on any atom is -0.488 e. The number of benzene rings is 1. The molecule has 0 fully saturated rings. The number of nitrogens with one attached hydrogen (secondary N) is 1. The minimum atomic E-state index is -0.428. The van der Waals surface area contributed by atoms with Crippen molar-refractivity contribution in [2.75, 3.05) is 17.6 Å². The van der Waals surface area contributed by atoms with E-state index in [0.29, 0.717) is 11.4 Å². The van der Waals surface area contributed by atoms with Crippen molar-refractivity contribution in [2.24, 2.45) is 0 Å². The Morgan fingerprint density at radius 3 is 2.67 bits per heavy atom. The highest BCUT2D eigenvalue weighted by atomic mass is 19.1. The van der Waals surface area contributed by atoms with Crippen LogP contribution >= 0.6 is 0 Å². The Balaban J connectivity index is 3.00. The van der Waals surface area contributed by atoms with Crippen LogP contribution in [0.2, 0.25) is 0 Å². The first-order valence-corrected chi connectivity index (χ1v) is 5.04. The summed E-state index contributed by atoms with van der Waals surface area (Å²) in [5, 5.41) is 3.04. The smallest absolute Gasteiger partial charge is 0.167 e. The van der Waals surface area contributed by atoms with Crippen molar-refractivity contribution in [2.45, 2.75) is 26.9 Å². The summed E-state index contributed by atoms with van der Waals surface area (Å²) in [5.74, 6) is -0.196. The number of hydrogen-bond donors (Lipinski definition) is 2. The standard InChI is InChI=1S/C11H17FN2O/c1-4-14-10-6-11(15-7(2)3)8(12)5-9(10)13/h5-7,14H,4,13H2,1-3H3. The largest absolute Gasteiger partial charge is 0.488 e. The summed E-state index contributed by atoms with van der Waals surface area (Å²) < 4.78 is 18.7. The molecular formula is C11H17FN2O. The van der Waals surface area contributed by atoms with Crippen molar-refractivity contribution in [1.29, 1.82) is 0 Å². The first kappa shape index (κ1) is 11.6. The van der Waals surface area contributed by atoms with E-state index in [9.17, 15) is 4.39 Å². The molecule has 0 amide bonds. The Bertz CT molecular complexity index is 340. The molecule has 0 saturated heterocycles. The molecule has 0 unspecified atom stereocenters. The number of hydrogen-bond acceptors (Lipinski definition) is 3. The molecule has 1 aromatic rings. The van der Waals surface area contributed by atoms with Crippen molar-refractivity contribution in [3.63, 3.8) is 0 Å². The fourth-order valence-electron chi connectivity index (χ4n) is 1.26. The predicted molar refractivity (Wildman–Crippen MR) is 60.7 cm³/mol. The lowest BCUT2D eigenvalue weighted by atomic mass is 10.2. The highest BCUT2D eigenvalue weighted by molar-refractivity contribution is 5.68. The topological polar surface area (TPSA) is 47.3 Å². The molecule has 0 atom stereocenters. The highest BCUT2D eigenvalue weighted by Gasteiger charge is 2.09. The van der Waals surface area contributed by atoms with Gasteiger partial charge in [-0.3, -0.25) is 0 Å². The summed E-state index contributed by atoms with van der Waals surface area (Å²) in [4.78, 5) is 0. The fourth-order valence-corrected chi connectivity index (χ4v) is 1.26. The van der Waals surface area contributed by atoms with E-state index in [-0.39, 0.29) is 11.9 Å². The van der Waals surface area contributed by atoms with Gasteiger partial charge in [0.15, 0.2) is 11.6 Å². The van der Waals surface area contributed by atoms with Crippen molar-refractivity contribution in [3.8, 4) is 5.75 Å². The van der Waals surface area contributed by atoms with Crippen molar-refractivity contribution in [3.05, 3.63) is 17.9 Å². The minimum absolute atomic E-state index is 0.0578. The number of rotatable bonds is 4. The second-order valence-electron chi connectivity index (χ2n) is 3.57. The summed E-state index contributed by atoms with van der Waals surface area (Å²) in [6.45, 7) is 6.38. The first-order chi connectivity index (χ1) is 7.04. The Kier molecular flexibility index (Phi) is 3.77. The molecule has 0 aromatic heterocycles. The summed E-state index contributed by atoms with van der Waals surface area (Å²) in [5.41, 5.74) is 6.75. The second-order valence-corrected chi connectivity index (χ2v) is 3.57. The van der Waals surface area contributed by atoms with Gasteiger partial charge in [0.2, 0.25) is 0 Å². The number of anilines is 2. The zero-order valence-corrected chi connectivity index (χ0v) is 9.30. The lowest BCUT2D eigenvalue weighted by Gasteiger charge is -2.14. The quantitative estimate of drug-likeness (QED) is 0.754. The number of ether oxygens (including phenoxy) is 1. The van der Waals surface area contributed by atoms with Gasteiger partial charge in [0.25, 0.3) is 0 Å². The predicted octanol–water partition coefficient (Wildman–Crippen LogP) is 2.63. The van der Waals surface area contributed by atoms with Crippen LogP contribution in [0.1, 0.15) is 20.8 Å². The Hall–Kier alpha value is -1.45. The summed E-state index contributed by atoms with van der Waals surface area (Å²) in [6.07, 6.45) is -0.0578. The molecule has 0 bridgehead atoms. The van der Waals surface area contributed by atoms with Gasteiger partial charge in [0, 0.05) is 18.7 Å². The van der Waals surface area contributed by atoms with E-state index in [4.69, 9.17) is 10.5 Å². The zero-order chi connectivity index (χ0) is 11.4. The van der Waals surface area contributed by atoms with Crippen molar-refractivity contribution in [1.82, 2.24) is 0 Å². The summed E-state index contributed by atoms with van der Waals surface area (Å²) in [6, 6.07) is 2.86. The Morgan fingerprint density at radius 1 is 1.47 bits per heavy atom. The third-order valence-electron chi connectivity index (χ3n) is 1.83. The van der Waals surface area contributed by atoms with E-state index in [2.05, 4.69) is 5.32 Å². The molecule has 3 N–H and O–H groups in total. The van der Waals surface area contributed by atoms with Gasteiger partial charge >= 0.3 is 0 Å². The van der Waals surface area contributed by atoms with Gasteiger partial charge in [-0.15, -0.1) is 0 Å². The maximum atomic E-state index is 13.4. The van der Waals surface area contributed by atoms with Crippen LogP contribution in [0.5, 0.6) is 5.75 Å². The molecule has 15 heavy (non-hydrogen) atoms. The molecular weight excluding hydrogens is 195 g/mol. The Labute approximate surface area is 89.4 Å². The molecule has 0 aliphatic carbocycles. The van der Waals surface area contributed by atoms with Crippen LogP contribution in [0.3, 0.4) is 0 Å².